The number of benzene rings is 1. The van der Waals surface area contributed by atoms with Crippen molar-refractivity contribution in [2.24, 2.45) is 0 Å². The third-order valence-electron chi connectivity index (χ3n) is 4.13. The van der Waals surface area contributed by atoms with E-state index in [2.05, 4.69) is 29.2 Å². The summed E-state index contributed by atoms with van der Waals surface area (Å²) in [6.07, 6.45) is 4.96. The van der Waals surface area contributed by atoms with Crippen molar-refractivity contribution >= 4 is 5.82 Å². The molecule has 2 aliphatic carbocycles. The highest BCUT2D eigenvalue weighted by molar-refractivity contribution is 5.72. The third kappa shape index (κ3) is 1.79. The second kappa shape index (κ2) is 3.76. The molecule has 0 spiro atoms. The molecule has 1 aromatic heterocycles. The molecule has 2 aliphatic rings. The normalized spacial score (nSPS) is 18.7. The Morgan fingerprint density at radius 1 is 1.11 bits per heavy atom. The zero-order valence-corrected chi connectivity index (χ0v) is 10.8. The smallest absolute Gasteiger partial charge is 0.150 e. The Morgan fingerprint density at radius 3 is 2.53 bits per heavy atom. The summed E-state index contributed by atoms with van der Waals surface area (Å²) in [6.45, 7) is 0. The van der Waals surface area contributed by atoms with Crippen LogP contribution in [0.4, 0.5) is 5.82 Å². The number of nitrogens with two attached hydrogens (primary N) is 2. The first-order chi connectivity index (χ1) is 9.24. The Hall–Kier alpha value is -1.97. The van der Waals surface area contributed by atoms with Crippen LogP contribution >= 0.6 is 0 Å². The van der Waals surface area contributed by atoms with E-state index in [-0.39, 0.29) is 0 Å². The molecule has 0 unspecified atom stereocenters. The van der Waals surface area contributed by atoms with Crippen LogP contribution in [-0.4, -0.2) is 9.66 Å². The molecule has 4 rings (SSSR count). The van der Waals surface area contributed by atoms with Crippen molar-refractivity contribution in [3.63, 3.8) is 0 Å². The van der Waals surface area contributed by atoms with Crippen LogP contribution in [0.2, 0.25) is 0 Å². The second-order valence-corrected chi connectivity index (χ2v) is 5.75. The van der Waals surface area contributed by atoms with Crippen molar-refractivity contribution in [2.45, 2.75) is 37.5 Å². The van der Waals surface area contributed by atoms with E-state index in [4.69, 9.17) is 11.6 Å². The van der Waals surface area contributed by atoms with Crippen LogP contribution in [0.1, 0.15) is 48.9 Å². The van der Waals surface area contributed by atoms with Gasteiger partial charge in [-0.2, -0.15) is 0 Å². The topological polar surface area (TPSA) is 69.9 Å². The fourth-order valence-corrected chi connectivity index (χ4v) is 2.66. The molecular formula is C15H18N4. The van der Waals surface area contributed by atoms with Crippen LogP contribution < -0.4 is 11.6 Å². The Labute approximate surface area is 112 Å². The number of hydrogen-bond donors (Lipinski definition) is 2. The molecule has 1 heterocycles. The van der Waals surface area contributed by atoms with Gasteiger partial charge >= 0.3 is 0 Å². The molecule has 2 fully saturated rings. The van der Waals surface area contributed by atoms with Crippen LogP contribution in [0.3, 0.4) is 0 Å². The lowest BCUT2D eigenvalue weighted by molar-refractivity contribution is 0.855. The van der Waals surface area contributed by atoms with E-state index in [9.17, 15) is 0 Å². The van der Waals surface area contributed by atoms with Crippen LogP contribution in [0, 0.1) is 0 Å². The molecule has 1 aromatic carbocycles. The van der Waals surface area contributed by atoms with Gasteiger partial charge in [0.25, 0.3) is 0 Å². The summed E-state index contributed by atoms with van der Waals surface area (Å²) in [7, 11) is 0. The van der Waals surface area contributed by atoms with Crippen molar-refractivity contribution in [1.29, 1.82) is 0 Å². The maximum atomic E-state index is 6.12. The van der Waals surface area contributed by atoms with Crippen molar-refractivity contribution < 1.29 is 0 Å². The molecule has 0 radical (unpaired) electrons. The van der Waals surface area contributed by atoms with Gasteiger partial charge in [0.2, 0.25) is 0 Å². The van der Waals surface area contributed by atoms with Gasteiger partial charge in [0, 0.05) is 11.5 Å². The highest BCUT2D eigenvalue weighted by Gasteiger charge is 2.31. The van der Waals surface area contributed by atoms with Gasteiger partial charge in [0.1, 0.15) is 11.5 Å². The maximum Gasteiger partial charge on any atom is 0.150 e. The zero-order chi connectivity index (χ0) is 13.0. The largest absolute Gasteiger partial charge is 0.382 e. The number of rotatable bonds is 3. The van der Waals surface area contributed by atoms with Gasteiger partial charge in [-0.05, 0) is 43.2 Å². The SMILES string of the molecule is Nc1c(-c2cccc(C3CC3)c2)nc(C2CC2)n1N. The summed E-state index contributed by atoms with van der Waals surface area (Å²) in [5.41, 5.74) is 9.45. The molecule has 19 heavy (non-hydrogen) atoms. The fraction of sp³-hybridized carbons (Fsp3) is 0.400. The lowest BCUT2D eigenvalue weighted by atomic mass is 10.1. The van der Waals surface area contributed by atoms with Crippen molar-refractivity contribution in [2.75, 3.05) is 11.6 Å². The Kier molecular flexibility index (Phi) is 2.16. The number of nitrogen functional groups attached to an aromatic ring is 2. The summed E-state index contributed by atoms with van der Waals surface area (Å²) < 4.78 is 1.57. The summed E-state index contributed by atoms with van der Waals surface area (Å²) in [5.74, 6) is 8.78. The van der Waals surface area contributed by atoms with Gasteiger partial charge in [0.05, 0.1) is 0 Å². The zero-order valence-electron chi connectivity index (χ0n) is 10.8. The third-order valence-corrected chi connectivity index (χ3v) is 4.13. The molecule has 98 valence electrons. The lowest BCUT2D eigenvalue weighted by Gasteiger charge is -2.03. The molecule has 0 saturated heterocycles. The number of nitrogens with zero attached hydrogens (tertiary/aromatic N) is 2. The molecule has 0 bridgehead atoms. The van der Waals surface area contributed by atoms with E-state index in [1.807, 2.05) is 0 Å². The number of imidazole rings is 1. The van der Waals surface area contributed by atoms with Crippen molar-refractivity contribution in [3.8, 4) is 11.3 Å². The van der Waals surface area contributed by atoms with Crippen molar-refractivity contribution in [1.82, 2.24) is 9.66 Å². The fourth-order valence-electron chi connectivity index (χ4n) is 2.66. The van der Waals surface area contributed by atoms with Crippen molar-refractivity contribution in [3.05, 3.63) is 35.7 Å². The highest BCUT2D eigenvalue weighted by atomic mass is 15.4. The molecule has 0 amide bonds. The van der Waals surface area contributed by atoms with Crippen LogP contribution in [0.5, 0.6) is 0 Å². The van der Waals surface area contributed by atoms with Crippen LogP contribution in [0.25, 0.3) is 11.3 Å². The van der Waals surface area contributed by atoms with E-state index in [0.717, 1.165) is 23.0 Å². The highest BCUT2D eigenvalue weighted by Crippen LogP contribution is 2.43. The van der Waals surface area contributed by atoms with E-state index >= 15 is 0 Å². The molecular weight excluding hydrogens is 236 g/mol. The summed E-state index contributed by atoms with van der Waals surface area (Å²) >= 11 is 0. The second-order valence-electron chi connectivity index (χ2n) is 5.75. The minimum Gasteiger partial charge on any atom is -0.382 e. The molecule has 4 N–H and O–H groups in total. The molecule has 2 saturated carbocycles. The lowest BCUT2D eigenvalue weighted by Crippen LogP contribution is -2.14. The van der Waals surface area contributed by atoms with Gasteiger partial charge in [-0.1, -0.05) is 18.2 Å². The van der Waals surface area contributed by atoms with E-state index < -0.39 is 0 Å². The summed E-state index contributed by atoms with van der Waals surface area (Å²) in [6, 6.07) is 8.57. The first-order valence-corrected chi connectivity index (χ1v) is 6.97. The predicted octanol–water partition coefficient (Wildman–Crippen LogP) is 2.60. The number of anilines is 1. The summed E-state index contributed by atoms with van der Waals surface area (Å²) in [4.78, 5) is 4.68. The molecule has 4 nitrogen and oxygen atoms in total. The average Bonchev–Trinajstić information content (AvgIpc) is 3.31. The molecule has 4 heteroatoms. The summed E-state index contributed by atoms with van der Waals surface area (Å²) in [5, 5.41) is 0. The Bertz CT molecular complexity index is 636. The van der Waals surface area contributed by atoms with E-state index in [1.54, 1.807) is 4.68 Å². The first-order valence-electron chi connectivity index (χ1n) is 6.97. The van der Waals surface area contributed by atoms with Crippen LogP contribution in [0.15, 0.2) is 24.3 Å². The van der Waals surface area contributed by atoms with Gasteiger partial charge in [-0.15, -0.1) is 0 Å². The number of aromatic nitrogens is 2. The van der Waals surface area contributed by atoms with E-state index in [0.29, 0.717) is 11.7 Å². The van der Waals surface area contributed by atoms with E-state index in [1.165, 1.54) is 31.2 Å². The maximum absolute atomic E-state index is 6.12. The quantitative estimate of drug-likeness (QED) is 0.827. The first kappa shape index (κ1) is 10.9. The molecule has 0 aliphatic heterocycles. The molecule has 2 aromatic rings. The average molecular weight is 254 g/mol. The van der Waals surface area contributed by atoms with Crippen LogP contribution in [-0.2, 0) is 0 Å². The minimum atomic E-state index is 0.507. The Balaban J connectivity index is 1.78. The van der Waals surface area contributed by atoms with Gasteiger partial charge in [0.15, 0.2) is 5.82 Å². The van der Waals surface area contributed by atoms with Gasteiger partial charge in [-0.25, -0.2) is 9.66 Å². The number of hydrogen-bond acceptors (Lipinski definition) is 3. The van der Waals surface area contributed by atoms with Gasteiger partial charge < -0.3 is 11.6 Å². The standard InChI is InChI=1S/C15H18N4/c16-14-13(18-15(19(14)17)10-6-7-10)12-3-1-2-11(8-12)9-4-5-9/h1-3,8-10H,4-7,16-17H2. The monoisotopic (exact) mass is 254 g/mol. The predicted molar refractivity (Wildman–Crippen MR) is 76.2 cm³/mol. The molecule has 0 atom stereocenters. The Morgan fingerprint density at radius 2 is 1.84 bits per heavy atom. The minimum absolute atomic E-state index is 0.507. The van der Waals surface area contributed by atoms with Gasteiger partial charge in [-0.3, -0.25) is 0 Å².